The molecule has 0 bridgehead atoms. The summed E-state index contributed by atoms with van der Waals surface area (Å²) in [5.41, 5.74) is -0.715. The van der Waals surface area contributed by atoms with Crippen molar-refractivity contribution in [2.45, 2.75) is 45.1 Å². The topological polar surface area (TPSA) is 44.0 Å². The molecule has 1 rings (SSSR count). The lowest BCUT2D eigenvalue weighted by Gasteiger charge is -2.41. The summed E-state index contributed by atoms with van der Waals surface area (Å²) in [5.74, 6) is 0.557. The van der Waals surface area contributed by atoms with Crippen LogP contribution in [0.1, 0.15) is 39.5 Å². The van der Waals surface area contributed by atoms with Crippen molar-refractivity contribution in [1.82, 2.24) is 0 Å². The smallest absolute Gasteiger partial charge is 0.0827 e. The maximum absolute atomic E-state index is 10.2. The Bertz CT molecular complexity index is 185. The molecule has 12 heavy (non-hydrogen) atoms. The van der Waals surface area contributed by atoms with Gasteiger partial charge in [-0.1, -0.05) is 20.3 Å². The standard InChI is InChI=1S/C10H17NO/c1-8-4-3-5-9(2)10(8,12)6-7-11/h8-9,12H,3-6H2,1-2H3. The van der Waals surface area contributed by atoms with Gasteiger partial charge < -0.3 is 5.11 Å². The molecule has 2 atom stereocenters. The summed E-state index contributed by atoms with van der Waals surface area (Å²) in [7, 11) is 0. The van der Waals surface area contributed by atoms with Gasteiger partial charge in [0.2, 0.25) is 0 Å². The van der Waals surface area contributed by atoms with Gasteiger partial charge in [-0.2, -0.15) is 5.26 Å². The Labute approximate surface area is 74.2 Å². The molecule has 68 valence electrons. The van der Waals surface area contributed by atoms with Crippen LogP contribution < -0.4 is 0 Å². The molecule has 0 aromatic heterocycles. The summed E-state index contributed by atoms with van der Waals surface area (Å²) in [6.45, 7) is 4.10. The third-order valence-corrected chi connectivity index (χ3v) is 3.34. The van der Waals surface area contributed by atoms with Crippen LogP contribution in [0.15, 0.2) is 0 Å². The largest absolute Gasteiger partial charge is 0.388 e. The van der Waals surface area contributed by atoms with Crippen LogP contribution in [-0.2, 0) is 0 Å². The van der Waals surface area contributed by atoms with Crippen LogP contribution in [0.2, 0.25) is 0 Å². The number of hydrogen-bond acceptors (Lipinski definition) is 2. The van der Waals surface area contributed by atoms with Gasteiger partial charge in [0, 0.05) is 0 Å². The van der Waals surface area contributed by atoms with Gasteiger partial charge in [0.25, 0.3) is 0 Å². The van der Waals surface area contributed by atoms with Gasteiger partial charge >= 0.3 is 0 Å². The van der Waals surface area contributed by atoms with Gasteiger partial charge in [0.05, 0.1) is 18.1 Å². The van der Waals surface area contributed by atoms with E-state index < -0.39 is 5.60 Å². The fraction of sp³-hybridized carbons (Fsp3) is 0.900. The van der Waals surface area contributed by atoms with E-state index in [0.29, 0.717) is 0 Å². The van der Waals surface area contributed by atoms with Crippen molar-refractivity contribution < 1.29 is 5.11 Å². The Kier molecular flexibility index (Phi) is 2.74. The van der Waals surface area contributed by atoms with Crippen molar-refractivity contribution in [2.75, 3.05) is 0 Å². The van der Waals surface area contributed by atoms with Gasteiger partial charge in [-0.05, 0) is 24.7 Å². The molecular weight excluding hydrogens is 150 g/mol. The summed E-state index contributed by atoms with van der Waals surface area (Å²) < 4.78 is 0. The van der Waals surface area contributed by atoms with Crippen molar-refractivity contribution in [3.63, 3.8) is 0 Å². The third-order valence-electron chi connectivity index (χ3n) is 3.34. The average Bonchev–Trinajstić information content (AvgIpc) is 2.02. The Morgan fingerprint density at radius 3 is 2.33 bits per heavy atom. The Balaban J connectivity index is 2.74. The normalized spacial score (nSPS) is 42.2. The molecule has 1 N–H and O–H groups in total. The van der Waals surface area contributed by atoms with E-state index in [1.807, 2.05) is 13.8 Å². The quantitative estimate of drug-likeness (QED) is 0.649. The highest BCUT2D eigenvalue weighted by molar-refractivity contribution is 4.98. The number of rotatable bonds is 1. The van der Waals surface area contributed by atoms with E-state index in [9.17, 15) is 5.11 Å². The van der Waals surface area contributed by atoms with Gasteiger partial charge in [-0.3, -0.25) is 0 Å². The molecule has 1 aliphatic rings. The van der Waals surface area contributed by atoms with E-state index in [4.69, 9.17) is 5.26 Å². The van der Waals surface area contributed by atoms with Gasteiger partial charge in [-0.15, -0.1) is 0 Å². The van der Waals surface area contributed by atoms with Crippen molar-refractivity contribution in [2.24, 2.45) is 11.8 Å². The monoisotopic (exact) mass is 167 g/mol. The second-order valence-electron chi connectivity index (χ2n) is 4.06. The van der Waals surface area contributed by atoms with E-state index >= 15 is 0 Å². The highest BCUT2D eigenvalue weighted by Gasteiger charge is 2.41. The van der Waals surface area contributed by atoms with E-state index in [1.54, 1.807) is 0 Å². The van der Waals surface area contributed by atoms with Crippen LogP contribution in [-0.4, -0.2) is 10.7 Å². The zero-order valence-corrected chi connectivity index (χ0v) is 7.88. The number of hydrogen-bond donors (Lipinski definition) is 1. The molecule has 0 heterocycles. The second-order valence-corrected chi connectivity index (χ2v) is 4.06. The summed E-state index contributed by atoms with van der Waals surface area (Å²) >= 11 is 0. The van der Waals surface area contributed by atoms with E-state index in [2.05, 4.69) is 6.07 Å². The molecule has 1 saturated carbocycles. The zero-order chi connectivity index (χ0) is 9.19. The number of nitriles is 1. The van der Waals surface area contributed by atoms with E-state index in [-0.39, 0.29) is 18.3 Å². The van der Waals surface area contributed by atoms with Crippen LogP contribution in [0.4, 0.5) is 0 Å². The summed E-state index contributed by atoms with van der Waals surface area (Å²) in [6, 6.07) is 2.09. The molecule has 0 spiro atoms. The van der Waals surface area contributed by atoms with Crippen LogP contribution in [0.3, 0.4) is 0 Å². The van der Waals surface area contributed by atoms with Crippen molar-refractivity contribution in [3.05, 3.63) is 0 Å². The number of aliphatic hydroxyl groups is 1. The fourth-order valence-electron chi connectivity index (χ4n) is 2.19. The lowest BCUT2D eigenvalue weighted by molar-refractivity contribution is -0.0783. The third kappa shape index (κ3) is 1.47. The SMILES string of the molecule is CC1CCCC(C)C1(O)CC#N. The van der Waals surface area contributed by atoms with Gasteiger partial charge in [0.1, 0.15) is 0 Å². The minimum atomic E-state index is -0.715. The summed E-state index contributed by atoms with van der Waals surface area (Å²) in [4.78, 5) is 0. The minimum absolute atomic E-state index is 0.279. The molecule has 0 amide bonds. The molecule has 1 aliphatic carbocycles. The molecule has 2 unspecified atom stereocenters. The molecule has 2 heteroatoms. The van der Waals surface area contributed by atoms with E-state index in [1.165, 1.54) is 6.42 Å². The first kappa shape index (κ1) is 9.54. The molecule has 1 fully saturated rings. The predicted molar refractivity (Wildman–Crippen MR) is 47.4 cm³/mol. The molecule has 0 aromatic carbocycles. The summed E-state index contributed by atoms with van der Waals surface area (Å²) in [6.07, 6.45) is 3.59. The lowest BCUT2D eigenvalue weighted by atomic mass is 9.68. The van der Waals surface area contributed by atoms with Crippen molar-refractivity contribution in [1.29, 1.82) is 5.26 Å². The number of nitrogens with zero attached hydrogens (tertiary/aromatic N) is 1. The maximum atomic E-state index is 10.2. The average molecular weight is 167 g/mol. The Morgan fingerprint density at radius 2 is 1.92 bits per heavy atom. The molecule has 0 radical (unpaired) electrons. The van der Waals surface area contributed by atoms with Crippen LogP contribution in [0, 0.1) is 23.2 Å². The van der Waals surface area contributed by atoms with Crippen LogP contribution in [0.5, 0.6) is 0 Å². The highest BCUT2D eigenvalue weighted by atomic mass is 16.3. The van der Waals surface area contributed by atoms with Crippen molar-refractivity contribution in [3.8, 4) is 6.07 Å². The molecular formula is C10H17NO. The lowest BCUT2D eigenvalue weighted by Crippen LogP contribution is -2.45. The zero-order valence-electron chi connectivity index (χ0n) is 7.88. The first-order chi connectivity index (χ1) is 5.61. The van der Waals surface area contributed by atoms with Gasteiger partial charge in [-0.25, -0.2) is 0 Å². The highest BCUT2D eigenvalue weighted by Crippen LogP contribution is 2.39. The fourth-order valence-corrected chi connectivity index (χ4v) is 2.19. The van der Waals surface area contributed by atoms with Crippen LogP contribution >= 0.6 is 0 Å². The Hall–Kier alpha value is -0.550. The molecule has 0 aromatic rings. The predicted octanol–water partition coefficient (Wildman–Crippen LogP) is 2.09. The van der Waals surface area contributed by atoms with Gasteiger partial charge in [0.15, 0.2) is 0 Å². The minimum Gasteiger partial charge on any atom is -0.388 e. The summed E-state index contributed by atoms with van der Waals surface area (Å²) in [5, 5.41) is 18.8. The molecule has 0 aliphatic heterocycles. The first-order valence-electron chi connectivity index (χ1n) is 4.70. The second kappa shape index (κ2) is 3.45. The Morgan fingerprint density at radius 1 is 1.42 bits per heavy atom. The molecule has 2 nitrogen and oxygen atoms in total. The first-order valence-corrected chi connectivity index (χ1v) is 4.70. The molecule has 0 saturated heterocycles. The van der Waals surface area contributed by atoms with Crippen molar-refractivity contribution >= 4 is 0 Å². The van der Waals surface area contributed by atoms with Crippen LogP contribution in [0.25, 0.3) is 0 Å². The maximum Gasteiger partial charge on any atom is 0.0827 e. The van der Waals surface area contributed by atoms with E-state index in [0.717, 1.165) is 12.8 Å².